The van der Waals surface area contributed by atoms with E-state index in [4.69, 9.17) is 9.72 Å². The Hall–Kier alpha value is -1.92. The number of ether oxygens (including phenoxy) is 1. The Morgan fingerprint density at radius 2 is 2.09 bits per heavy atom. The Labute approximate surface area is 137 Å². The summed E-state index contributed by atoms with van der Waals surface area (Å²) in [5, 5.41) is 4.30. The molecule has 6 nitrogen and oxygen atoms in total. The molecular weight excluding hydrogens is 290 g/mol. The van der Waals surface area contributed by atoms with Gasteiger partial charge in [-0.05, 0) is 19.1 Å². The Bertz CT molecular complexity index is 613. The van der Waals surface area contributed by atoms with E-state index in [-0.39, 0.29) is 0 Å². The predicted octanol–water partition coefficient (Wildman–Crippen LogP) is 1.56. The molecule has 23 heavy (non-hydrogen) atoms. The maximum atomic E-state index is 5.23. The average Bonchev–Trinajstić information content (AvgIpc) is 3.01. The van der Waals surface area contributed by atoms with Crippen LogP contribution in [0.5, 0.6) is 0 Å². The maximum Gasteiger partial charge on any atom is 0.133 e. The van der Waals surface area contributed by atoms with Crippen molar-refractivity contribution in [3.63, 3.8) is 0 Å². The molecule has 6 heteroatoms. The summed E-state index contributed by atoms with van der Waals surface area (Å²) in [6.45, 7) is 8.51. The van der Waals surface area contributed by atoms with Crippen LogP contribution in [-0.4, -0.2) is 59.6 Å². The third kappa shape index (κ3) is 4.09. The first-order chi connectivity index (χ1) is 11.3. The number of nitrogens with zero attached hydrogens (tertiary/aromatic N) is 5. The van der Waals surface area contributed by atoms with E-state index in [9.17, 15) is 0 Å². The van der Waals surface area contributed by atoms with Gasteiger partial charge >= 0.3 is 0 Å². The molecule has 2 aromatic rings. The number of fused-ring (bicyclic) bond motifs is 1. The first-order valence-corrected chi connectivity index (χ1v) is 8.16. The van der Waals surface area contributed by atoms with Gasteiger partial charge in [-0.15, -0.1) is 0 Å². The number of hydrogen-bond donors (Lipinski definition) is 0. The van der Waals surface area contributed by atoms with Gasteiger partial charge in [-0.3, -0.25) is 9.58 Å². The van der Waals surface area contributed by atoms with Crippen molar-refractivity contribution in [3.8, 4) is 0 Å². The van der Waals surface area contributed by atoms with E-state index < -0.39 is 0 Å². The van der Waals surface area contributed by atoms with Crippen molar-refractivity contribution in [2.45, 2.75) is 20.0 Å². The molecule has 0 spiro atoms. The second-order valence-corrected chi connectivity index (χ2v) is 5.96. The van der Waals surface area contributed by atoms with Crippen LogP contribution >= 0.6 is 0 Å². The Morgan fingerprint density at radius 3 is 2.87 bits per heavy atom. The van der Waals surface area contributed by atoms with Crippen LogP contribution in [0.15, 0.2) is 30.6 Å². The summed E-state index contributed by atoms with van der Waals surface area (Å²) in [6.07, 6.45) is 3.83. The van der Waals surface area contributed by atoms with Crippen molar-refractivity contribution in [3.05, 3.63) is 41.9 Å². The van der Waals surface area contributed by atoms with Gasteiger partial charge in [0.25, 0.3) is 0 Å². The Morgan fingerprint density at radius 1 is 1.17 bits per heavy atom. The van der Waals surface area contributed by atoms with Gasteiger partial charge in [0.15, 0.2) is 0 Å². The van der Waals surface area contributed by atoms with Crippen LogP contribution in [0.1, 0.15) is 11.3 Å². The van der Waals surface area contributed by atoms with Crippen LogP contribution in [0.2, 0.25) is 0 Å². The second-order valence-electron chi connectivity index (χ2n) is 5.96. The molecule has 0 fully saturated rings. The molecule has 0 saturated carbocycles. The van der Waals surface area contributed by atoms with Crippen LogP contribution in [0.25, 0.3) is 0 Å². The summed E-state index contributed by atoms with van der Waals surface area (Å²) in [7, 11) is 1.76. The van der Waals surface area contributed by atoms with E-state index in [0.717, 1.165) is 57.4 Å². The summed E-state index contributed by atoms with van der Waals surface area (Å²) < 4.78 is 7.21. The molecule has 0 unspecified atom stereocenters. The molecule has 0 atom stereocenters. The molecule has 3 rings (SSSR count). The first-order valence-electron chi connectivity index (χ1n) is 8.16. The van der Waals surface area contributed by atoms with Gasteiger partial charge in [-0.25, -0.2) is 4.98 Å². The van der Waals surface area contributed by atoms with Gasteiger partial charge in [0.2, 0.25) is 0 Å². The van der Waals surface area contributed by atoms with E-state index in [1.54, 1.807) is 7.11 Å². The Kier molecular flexibility index (Phi) is 5.25. The molecule has 3 heterocycles. The predicted molar refractivity (Wildman–Crippen MR) is 90.6 cm³/mol. The van der Waals surface area contributed by atoms with Crippen molar-refractivity contribution in [2.75, 3.05) is 44.8 Å². The lowest BCUT2D eigenvalue weighted by Gasteiger charge is -2.24. The standard InChI is InChI=1S/C17H25N5O/c1-15-4-5-16-14-20(12-13-23-2)8-9-21(17(16)19-15)10-11-22-7-3-6-18-22/h3-7H,8-14H2,1-2H3. The van der Waals surface area contributed by atoms with Crippen molar-refractivity contribution >= 4 is 5.82 Å². The number of rotatable bonds is 6. The number of pyridine rings is 1. The highest BCUT2D eigenvalue weighted by molar-refractivity contribution is 5.48. The van der Waals surface area contributed by atoms with E-state index in [2.05, 4.69) is 34.0 Å². The second kappa shape index (κ2) is 7.57. The van der Waals surface area contributed by atoms with Crippen molar-refractivity contribution in [2.24, 2.45) is 0 Å². The van der Waals surface area contributed by atoms with Crippen LogP contribution in [0.3, 0.4) is 0 Å². The van der Waals surface area contributed by atoms with Crippen molar-refractivity contribution in [1.29, 1.82) is 0 Å². The third-order valence-electron chi connectivity index (χ3n) is 4.24. The normalized spacial score (nSPS) is 15.5. The molecule has 0 aliphatic carbocycles. The number of aryl methyl sites for hydroxylation is 1. The zero-order valence-corrected chi connectivity index (χ0v) is 14.0. The summed E-state index contributed by atoms with van der Waals surface area (Å²) in [4.78, 5) is 9.63. The summed E-state index contributed by atoms with van der Waals surface area (Å²) in [6, 6.07) is 6.28. The molecule has 0 aromatic carbocycles. The lowest BCUT2D eigenvalue weighted by Crippen LogP contribution is -2.35. The number of anilines is 1. The monoisotopic (exact) mass is 315 g/mol. The Balaban J connectivity index is 1.75. The first kappa shape index (κ1) is 16.0. The maximum absolute atomic E-state index is 5.23. The summed E-state index contributed by atoms with van der Waals surface area (Å²) in [5.74, 6) is 1.12. The van der Waals surface area contributed by atoms with Crippen LogP contribution in [0, 0.1) is 6.92 Å². The van der Waals surface area contributed by atoms with Crippen molar-refractivity contribution < 1.29 is 4.74 Å². The SMILES string of the molecule is COCCN1CCN(CCn2cccn2)c2nc(C)ccc2C1. The summed E-state index contributed by atoms with van der Waals surface area (Å²) >= 11 is 0. The van der Waals surface area contributed by atoms with Gasteiger partial charge in [0.05, 0.1) is 13.2 Å². The van der Waals surface area contributed by atoms with Gasteiger partial charge in [-0.1, -0.05) is 6.07 Å². The average molecular weight is 315 g/mol. The highest BCUT2D eigenvalue weighted by Crippen LogP contribution is 2.23. The van der Waals surface area contributed by atoms with Crippen LogP contribution in [0.4, 0.5) is 5.82 Å². The fraction of sp³-hybridized carbons (Fsp3) is 0.529. The fourth-order valence-electron chi connectivity index (χ4n) is 2.94. The molecular formula is C17H25N5O. The van der Waals surface area contributed by atoms with E-state index in [1.165, 1.54) is 5.56 Å². The lowest BCUT2D eigenvalue weighted by molar-refractivity contribution is 0.147. The molecule has 0 saturated heterocycles. The minimum absolute atomic E-state index is 0.766. The largest absolute Gasteiger partial charge is 0.383 e. The van der Waals surface area contributed by atoms with E-state index in [1.807, 2.05) is 23.1 Å². The molecule has 2 aromatic heterocycles. The van der Waals surface area contributed by atoms with Gasteiger partial charge < -0.3 is 9.64 Å². The molecule has 1 aliphatic heterocycles. The van der Waals surface area contributed by atoms with E-state index >= 15 is 0 Å². The highest BCUT2D eigenvalue weighted by atomic mass is 16.5. The zero-order chi connectivity index (χ0) is 16.1. The molecule has 0 amide bonds. The minimum Gasteiger partial charge on any atom is -0.383 e. The van der Waals surface area contributed by atoms with Crippen LogP contribution < -0.4 is 4.90 Å². The molecule has 0 N–H and O–H groups in total. The van der Waals surface area contributed by atoms with Gasteiger partial charge in [-0.2, -0.15) is 5.10 Å². The van der Waals surface area contributed by atoms with Crippen LogP contribution in [-0.2, 0) is 17.8 Å². The topological polar surface area (TPSA) is 46.4 Å². The van der Waals surface area contributed by atoms with Crippen molar-refractivity contribution in [1.82, 2.24) is 19.7 Å². The van der Waals surface area contributed by atoms with Gasteiger partial charge in [0, 0.05) is 63.5 Å². The highest BCUT2D eigenvalue weighted by Gasteiger charge is 2.20. The zero-order valence-electron chi connectivity index (χ0n) is 14.0. The molecule has 1 aliphatic rings. The number of methoxy groups -OCH3 is 1. The third-order valence-corrected chi connectivity index (χ3v) is 4.24. The number of hydrogen-bond acceptors (Lipinski definition) is 5. The molecule has 124 valence electrons. The number of aromatic nitrogens is 3. The molecule has 0 bridgehead atoms. The van der Waals surface area contributed by atoms with E-state index in [0.29, 0.717) is 0 Å². The minimum atomic E-state index is 0.766. The van der Waals surface area contributed by atoms with Gasteiger partial charge in [0.1, 0.15) is 5.82 Å². The summed E-state index contributed by atoms with van der Waals surface area (Å²) in [5.41, 5.74) is 2.36. The fourth-order valence-corrected chi connectivity index (χ4v) is 2.94. The lowest BCUT2D eigenvalue weighted by atomic mass is 10.2. The smallest absolute Gasteiger partial charge is 0.133 e. The quantitative estimate of drug-likeness (QED) is 0.809. The molecule has 0 radical (unpaired) electrons.